The molecule has 5 heteroatoms. The molecule has 0 aliphatic carbocycles. The molecule has 1 heterocycles. The van der Waals surface area contributed by atoms with E-state index in [9.17, 15) is 4.79 Å². The first-order valence-corrected chi connectivity index (χ1v) is 11.6. The molecule has 1 fully saturated rings. The van der Waals surface area contributed by atoms with Crippen LogP contribution in [-0.2, 0) is 9.22 Å². The highest BCUT2D eigenvalue weighted by Gasteiger charge is 2.47. The molecular formula is C17H27NO2SSi. The summed E-state index contributed by atoms with van der Waals surface area (Å²) in [6.45, 7) is 13.2. The van der Waals surface area contributed by atoms with Gasteiger partial charge in [-0.25, -0.2) is 0 Å². The van der Waals surface area contributed by atoms with E-state index >= 15 is 0 Å². The zero-order valence-electron chi connectivity index (χ0n) is 14.3. The predicted octanol–water partition coefficient (Wildman–Crippen LogP) is 4.26. The van der Waals surface area contributed by atoms with Gasteiger partial charge in [0.25, 0.3) is 0 Å². The number of hydrogen-bond acceptors (Lipinski definition) is 3. The topological polar surface area (TPSA) is 38.3 Å². The van der Waals surface area contributed by atoms with Crippen molar-refractivity contribution in [1.29, 1.82) is 0 Å². The van der Waals surface area contributed by atoms with Crippen LogP contribution >= 0.6 is 11.8 Å². The third-order valence-electron chi connectivity index (χ3n) is 4.71. The Bertz CT molecular complexity index is 527. The number of β-lactam (4-membered cyclic amide) rings is 1. The minimum Gasteiger partial charge on any atom is -0.413 e. The molecular weight excluding hydrogens is 310 g/mol. The molecule has 3 nitrogen and oxygen atoms in total. The number of carbonyl (C=O) groups is 1. The molecule has 0 bridgehead atoms. The van der Waals surface area contributed by atoms with Crippen molar-refractivity contribution in [1.82, 2.24) is 5.32 Å². The van der Waals surface area contributed by atoms with Crippen molar-refractivity contribution in [3.63, 3.8) is 0 Å². The van der Waals surface area contributed by atoms with Crippen molar-refractivity contribution in [2.24, 2.45) is 5.92 Å². The lowest BCUT2D eigenvalue weighted by Gasteiger charge is -2.45. The Kier molecular flexibility index (Phi) is 5.09. The van der Waals surface area contributed by atoms with Crippen LogP contribution in [0.2, 0.25) is 18.1 Å². The summed E-state index contributed by atoms with van der Waals surface area (Å²) in [5.74, 6) is 0.0407. The molecule has 22 heavy (non-hydrogen) atoms. The molecule has 0 spiro atoms. The lowest BCUT2D eigenvalue weighted by molar-refractivity contribution is -0.136. The fourth-order valence-corrected chi connectivity index (χ4v) is 4.99. The maximum absolute atomic E-state index is 12.0. The van der Waals surface area contributed by atoms with Crippen LogP contribution in [-0.4, -0.2) is 25.7 Å². The second kappa shape index (κ2) is 6.38. The van der Waals surface area contributed by atoms with Crippen LogP contribution < -0.4 is 5.32 Å². The van der Waals surface area contributed by atoms with Crippen LogP contribution in [0.3, 0.4) is 0 Å². The molecule has 0 radical (unpaired) electrons. The lowest BCUT2D eigenvalue weighted by Crippen LogP contribution is -2.62. The summed E-state index contributed by atoms with van der Waals surface area (Å²) in [6, 6.07) is 10.2. The summed E-state index contributed by atoms with van der Waals surface area (Å²) in [5.41, 5.74) is 0. The van der Waals surface area contributed by atoms with E-state index in [1.807, 2.05) is 25.1 Å². The first-order chi connectivity index (χ1) is 10.1. The predicted molar refractivity (Wildman–Crippen MR) is 95.5 cm³/mol. The van der Waals surface area contributed by atoms with Crippen LogP contribution in [0.15, 0.2) is 35.2 Å². The second-order valence-electron chi connectivity index (χ2n) is 7.47. The van der Waals surface area contributed by atoms with Crippen molar-refractivity contribution in [3.8, 4) is 0 Å². The fraction of sp³-hybridized carbons (Fsp3) is 0.588. The maximum atomic E-state index is 12.0. The number of hydrogen-bond donors (Lipinski definition) is 1. The van der Waals surface area contributed by atoms with Crippen LogP contribution in [0.25, 0.3) is 0 Å². The monoisotopic (exact) mass is 337 g/mol. The summed E-state index contributed by atoms with van der Waals surface area (Å²) in [7, 11) is -1.85. The van der Waals surface area contributed by atoms with Gasteiger partial charge >= 0.3 is 0 Å². The number of nitrogens with one attached hydrogen (secondary N) is 1. The van der Waals surface area contributed by atoms with Gasteiger partial charge in [-0.1, -0.05) is 39.0 Å². The first kappa shape index (κ1) is 17.6. The van der Waals surface area contributed by atoms with Crippen LogP contribution in [0, 0.1) is 5.92 Å². The standard InChI is InChI=1S/C17H27NO2SSi/c1-12(20-22(5,6)17(2,3)4)14-15(19)18-16(14)21-13-10-8-7-9-11-13/h7-12,14,16H,1-6H3,(H,18,19)/t12?,14-,16-/m1/s1. The molecule has 0 saturated carbocycles. The summed E-state index contributed by atoms with van der Waals surface area (Å²) in [6.07, 6.45) is -0.0455. The normalized spacial score (nSPS) is 23.6. The van der Waals surface area contributed by atoms with Crippen molar-refractivity contribution in [3.05, 3.63) is 30.3 Å². The average Bonchev–Trinajstić information content (AvgIpc) is 2.36. The Labute approximate surface area is 139 Å². The molecule has 1 aromatic rings. The third-order valence-corrected chi connectivity index (χ3v) is 10.5. The highest BCUT2D eigenvalue weighted by molar-refractivity contribution is 8.00. The highest BCUT2D eigenvalue weighted by atomic mass is 32.2. The van der Waals surface area contributed by atoms with Crippen LogP contribution in [0.5, 0.6) is 0 Å². The van der Waals surface area contributed by atoms with Gasteiger partial charge < -0.3 is 9.74 Å². The Hall–Kier alpha value is -0.783. The van der Waals surface area contributed by atoms with E-state index in [1.54, 1.807) is 11.8 Å². The minimum atomic E-state index is -1.85. The van der Waals surface area contributed by atoms with Crippen LogP contribution in [0.4, 0.5) is 0 Å². The van der Waals surface area contributed by atoms with Gasteiger partial charge in [-0.3, -0.25) is 4.79 Å². The summed E-state index contributed by atoms with van der Waals surface area (Å²) in [4.78, 5) is 13.2. The number of carbonyl (C=O) groups excluding carboxylic acids is 1. The van der Waals surface area contributed by atoms with E-state index in [0.717, 1.165) is 0 Å². The second-order valence-corrected chi connectivity index (χ2v) is 13.4. The van der Waals surface area contributed by atoms with E-state index < -0.39 is 8.32 Å². The Morgan fingerprint density at radius 3 is 2.32 bits per heavy atom. The minimum absolute atomic E-state index is 0.0455. The van der Waals surface area contributed by atoms with Gasteiger partial charge in [0.2, 0.25) is 5.91 Å². The van der Waals surface area contributed by atoms with Gasteiger partial charge in [0.1, 0.15) is 0 Å². The van der Waals surface area contributed by atoms with E-state index in [0.29, 0.717) is 0 Å². The molecule has 122 valence electrons. The molecule has 1 aromatic carbocycles. The molecule has 3 atom stereocenters. The Morgan fingerprint density at radius 1 is 1.23 bits per heavy atom. The van der Waals surface area contributed by atoms with Gasteiger partial charge in [0.05, 0.1) is 17.4 Å². The van der Waals surface area contributed by atoms with Gasteiger partial charge in [-0.2, -0.15) is 0 Å². The van der Waals surface area contributed by atoms with Crippen molar-refractivity contribution < 1.29 is 9.22 Å². The molecule has 1 aliphatic rings. The molecule has 1 unspecified atom stereocenters. The number of benzene rings is 1. The first-order valence-electron chi connectivity index (χ1n) is 7.82. The van der Waals surface area contributed by atoms with Crippen molar-refractivity contribution in [2.45, 2.75) is 62.2 Å². The van der Waals surface area contributed by atoms with E-state index in [4.69, 9.17) is 4.43 Å². The van der Waals surface area contributed by atoms with Gasteiger partial charge in [0.15, 0.2) is 8.32 Å². The smallest absolute Gasteiger partial charge is 0.229 e. The SMILES string of the molecule is CC(O[Si](C)(C)C(C)(C)C)[C@@H]1C(=O)N[C@@H]1Sc1ccccc1. The van der Waals surface area contributed by atoms with Gasteiger partial charge in [-0.15, -0.1) is 11.8 Å². The van der Waals surface area contributed by atoms with Crippen molar-refractivity contribution >= 4 is 26.0 Å². The molecule has 1 aliphatic heterocycles. The largest absolute Gasteiger partial charge is 0.413 e. The van der Waals surface area contributed by atoms with E-state index in [1.165, 1.54) is 4.90 Å². The summed E-state index contributed by atoms with van der Waals surface area (Å²) >= 11 is 1.71. The number of thioether (sulfide) groups is 1. The number of amides is 1. The van der Waals surface area contributed by atoms with Crippen LogP contribution in [0.1, 0.15) is 27.7 Å². The lowest BCUT2D eigenvalue weighted by atomic mass is 9.96. The average molecular weight is 338 g/mol. The summed E-state index contributed by atoms with van der Waals surface area (Å²) < 4.78 is 6.41. The zero-order valence-corrected chi connectivity index (χ0v) is 16.2. The molecule has 1 amide bonds. The quantitative estimate of drug-likeness (QED) is 0.644. The highest BCUT2D eigenvalue weighted by Crippen LogP contribution is 2.40. The van der Waals surface area contributed by atoms with Gasteiger partial charge in [0, 0.05) is 4.90 Å². The molecule has 0 aromatic heterocycles. The fourth-order valence-electron chi connectivity index (χ4n) is 2.29. The zero-order chi connectivity index (χ0) is 16.5. The third kappa shape index (κ3) is 3.75. The maximum Gasteiger partial charge on any atom is 0.229 e. The molecule has 2 rings (SSSR count). The molecule has 1 saturated heterocycles. The molecule has 1 N–H and O–H groups in total. The summed E-state index contributed by atoms with van der Waals surface area (Å²) in [5, 5.41) is 3.27. The van der Waals surface area contributed by atoms with E-state index in [2.05, 4.69) is 51.3 Å². The Balaban J connectivity index is 2.02. The van der Waals surface area contributed by atoms with E-state index in [-0.39, 0.29) is 28.3 Å². The Morgan fingerprint density at radius 2 is 1.82 bits per heavy atom. The number of rotatable bonds is 5. The van der Waals surface area contributed by atoms with Crippen molar-refractivity contribution in [2.75, 3.05) is 0 Å². The van der Waals surface area contributed by atoms with Gasteiger partial charge in [-0.05, 0) is 37.2 Å².